The predicted octanol–water partition coefficient (Wildman–Crippen LogP) is 0.407. The van der Waals surface area contributed by atoms with Gasteiger partial charge in [0, 0.05) is 19.1 Å². The number of benzene rings is 1. The van der Waals surface area contributed by atoms with Crippen molar-refractivity contribution in [3.63, 3.8) is 0 Å². The fourth-order valence-corrected chi connectivity index (χ4v) is 3.38. The van der Waals surface area contributed by atoms with Gasteiger partial charge in [-0.15, -0.1) is 0 Å². The molecule has 0 unspecified atom stereocenters. The van der Waals surface area contributed by atoms with Crippen molar-refractivity contribution in [3.8, 4) is 0 Å². The minimum absolute atomic E-state index is 0.0750. The summed E-state index contributed by atoms with van der Waals surface area (Å²) in [6, 6.07) is 10.5. The second-order valence-corrected chi connectivity index (χ2v) is 6.17. The van der Waals surface area contributed by atoms with Gasteiger partial charge in [0.05, 0.1) is 19.2 Å². The molecule has 2 fully saturated rings. The molecular weight excluding hydrogens is 294 g/mol. The highest BCUT2D eigenvalue weighted by Crippen LogP contribution is 2.30. The second-order valence-electron chi connectivity index (χ2n) is 6.17. The molecule has 0 bridgehead atoms. The summed E-state index contributed by atoms with van der Waals surface area (Å²) in [5.41, 5.74) is 1.21. The third-order valence-electron chi connectivity index (χ3n) is 4.55. The highest BCUT2D eigenvalue weighted by Gasteiger charge is 2.34. The molecule has 124 valence electrons. The van der Waals surface area contributed by atoms with Crippen molar-refractivity contribution < 1.29 is 14.3 Å². The molecule has 2 aliphatic rings. The normalized spacial score (nSPS) is 25.6. The summed E-state index contributed by atoms with van der Waals surface area (Å²) in [5, 5.41) is 3.11. The molecule has 6 nitrogen and oxygen atoms in total. The SMILES string of the molecule is CN1CC[C@@H](NC(=O)CN2CCOCC2=O)[C@H]1c1ccccc1. The number of carbonyl (C=O) groups is 2. The molecule has 0 aromatic heterocycles. The van der Waals surface area contributed by atoms with Crippen LogP contribution in [0.15, 0.2) is 30.3 Å². The zero-order valence-electron chi connectivity index (χ0n) is 13.4. The Hall–Kier alpha value is -1.92. The number of hydrogen-bond donors (Lipinski definition) is 1. The molecule has 1 N–H and O–H groups in total. The predicted molar refractivity (Wildman–Crippen MR) is 85.8 cm³/mol. The average molecular weight is 317 g/mol. The number of nitrogens with one attached hydrogen (secondary N) is 1. The zero-order chi connectivity index (χ0) is 16.2. The van der Waals surface area contributed by atoms with Crippen molar-refractivity contribution in [2.24, 2.45) is 0 Å². The lowest BCUT2D eigenvalue weighted by molar-refractivity contribution is -0.146. The van der Waals surface area contributed by atoms with Gasteiger partial charge in [0.25, 0.3) is 0 Å². The first kappa shape index (κ1) is 16.0. The van der Waals surface area contributed by atoms with E-state index < -0.39 is 0 Å². The smallest absolute Gasteiger partial charge is 0.249 e. The summed E-state index contributed by atoms with van der Waals surface area (Å²) in [4.78, 5) is 27.9. The van der Waals surface area contributed by atoms with E-state index in [4.69, 9.17) is 4.74 Å². The molecule has 6 heteroatoms. The summed E-state index contributed by atoms with van der Waals surface area (Å²) < 4.78 is 5.09. The Labute approximate surface area is 136 Å². The van der Waals surface area contributed by atoms with E-state index in [-0.39, 0.29) is 37.0 Å². The summed E-state index contributed by atoms with van der Waals surface area (Å²) in [5.74, 6) is -0.212. The fraction of sp³-hybridized carbons (Fsp3) is 0.529. The third kappa shape index (κ3) is 3.71. The Morgan fingerprint density at radius 2 is 2.09 bits per heavy atom. The Morgan fingerprint density at radius 1 is 1.30 bits per heavy atom. The Morgan fingerprint density at radius 3 is 2.83 bits per heavy atom. The second kappa shape index (κ2) is 7.10. The first-order valence-corrected chi connectivity index (χ1v) is 8.05. The van der Waals surface area contributed by atoms with Crippen LogP contribution in [0.1, 0.15) is 18.0 Å². The molecule has 2 amide bonds. The third-order valence-corrected chi connectivity index (χ3v) is 4.55. The monoisotopic (exact) mass is 317 g/mol. The van der Waals surface area contributed by atoms with Crippen LogP contribution in [0.3, 0.4) is 0 Å². The molecule has 3 rings (SSSR count). The largest absolute Gasteiger partial charge is 0.370 e. The quantitative estimate of drug-likeness (QED) is 0.874. The van der Waals surface area contributed by atoms with Crippen LogP contribution in [0.2, 0.25) is 0 Å². The summed E-state index contributed by atoms with van der Waals surface area (Å²) >= 11 is 0. The van der Waals surface area contributed by atoms with E-state index in [0.717, 1.165) is 13.0 Å². The van der Waals surface area contributed by atoms with Gasteiger partial charge in [0.1, 0.15) is 6.61 Å². The maximum Gasteiger partial charge on any atom is 0.249 e. The van der Waals surface area contributed by atoms with Crippen LogP contribution in [-0.2, 0) is 14.3 Å². The number of hydrogen-bond acceptors (Lipinski definition) is 4. The van der Waals surface area contributed by atoms with Crippen LogP contribution in [-0.4, -0.2) is 67.6 Å². The van der Waals surface area contributed by atoms with Crippen LogP contribution < -0.4 is 5.32 Å². The van der Waals surface area contributed by atoms with Crippen molar-refractivity contribution in [2.75, 3.05) is 39.9 Å². The molecule has 1 aromatic carbocycles. The Kier molecular flexibility index (Phi) is 4.93. The first-order valence-electron chi connectivity index (χ1n) is 8.05. The van der Waals surface area contributed by atoms with Crippen molar-refractivity contribution in [3.05, 3.63) is 35.9 Å². The van der Waals surface area contributed by atoms with E-state index in [1.54, 1.807) is 4.90 Å². The van der Waals surface area contributed by atoms with Gasteiger partial charge in [-0.05, 0) is 19.0 Å². The van der Waals surface area contributed by atoms with Gasteiger partial charge in [0.15, 0.2) is 0 Å². The summed E-state index contributed by atoms with van der Waals surface area (Å²) in [7, 11) is 2.08. The summed E-state index contributed by atoms with van der Waals surface area (Å²) in [6.07, 6.45) is 0.916. The van der Waals surface area contributed by atoms with Gasteiger partial charge < -0.3 is 15.0 Å². The zero-order valence-corrected chi connectivity index (χ0v) is 13.4. The van der Waals surface area contributed by atoms with Gasteiger partial charge in [-0.1, -0.05) is 30.3 Å². The topological polar surface area (TPSA) is 61.9 Å². The fourth-order valence-electron chi connectivity index (χ4n) is 3.38. The highest BCUT2D eigenvalue weighted by molar-refractivity contribution is 5.85. The van der Waals surface area contributed by atoms with E-state index >= 15 is 0 Å². The number of morpholine rings is 1. The molecule has 2 heterocycles. The lowest BCUT2D eigenvalue weighted by Crippen LogP contribution is -2.49. The maximum absolute atomic E-state index is 12.3. The number of ether oxygens (including phenoxy) is 1. The Bertz CT molecular complexity index is 563. The van der Waals surface area contributed by atoms with Gasteiger partial charge >= 0.3 is 0 Å². The van der Waals surface area contributed by atoms with Crippen LogP contribution in [0.25, 0.3) is 0 Å². The summed E-state index contributed by atoms with van der Waals surface area (Å²) in [6.45, 7) is 2.12. The van der Waals surface area contributed by atoms with Gasteiger partial charge in [-0.25, -0.2) is 0 Å². The number of amides is 2. The van der Waals surface area contributed by atoms with Crippen molar-refractivity contribution >= 4 is 11.8 Å². The van der Waals surface area contributed by atoms with Crippen molar-refractivity contribution in [1.82, 2.24) is 15.1 Å². The van der Waals surface area contributed by atoms with Crippen LogP contribution in [0.4, 0.5) is 0 Å². The Balaban J connectivity index is 1.62. The number of nitrogens with zero attached hydrogens (tertiary/aromatic N) is 2. The molecule has 2 saturated heterocycles. The van der Waals surface area contributed by atoms with E-state index in [2.05, 4.69) is 29.4 Å². The number of rotatable bonds is 4. The van der Waals surface area contributed by atoms with Gasteiger partial charge in [-0.3, -0.25) is 14.5 Å². The standard InChI is InChI=1S/C17H23N3O3/c1-19-8-7-14(17(19)13-5-3-2-4-6-13)18-15(21)11-20-9-10-23-12-16(20)22/h2-6,14,17H,7-12H2,1H3,(H,18,21)/t14-,17-/m1/s1. The number of likely N-dealkylation sites (N-methyl/N-ethyl adjacent to an activating group) is 1. The highest BCUT2D eigenvalue weighted by atomic mass is 16.5. The van der Waals surface area contributed by atoms with E-state index in [0.29, 0.717) is 13.2 Å². The van der Waals surface area contributed by atoms with Crippen LogP contribution in [0.5, 0.6) is 0 Å². The lowest BCUT2D eigenvalue weighted by atomic mass is 10.0. The lowest BCUT2D eigenvalue weighted by Gasteiger charge is -2.29. The molecule has 23 heavy (non-hydrogen) atoms. The molecule has 0 spiro atoms. The molecule has 2 atom stereocenters. The van der Waals surface area contributed by atoms with Crippen molar-refractivity contribution in [2.45, 2.75) is 18.5 Å². The minimum atomic E-state index is -0.116. The number of carbonyl (C=O) groups excluding carboxylic acids is 2. The molecule has 1 aromatic rings. The average Bonchev–Trinajstić information content (AvgIpc) is 2.91. The van der Waals surface area contributed by atoms with Crippen molar-refractivity contribution in [1.29, 1.82) is 0 Å². The van der Waals surface area contributed by atoms with E-state index in [1.807, 2.05) is 18.2 Å². The number of likely N-dealkylation sites (tertiary alicyclic amines) is 1. The minimum Gasteiger partial charge on any atom is -0.370 e. The molecule has 0 radical (unpaired) electrons. The van der Waals surface area contributed by atoms with Crippen LogP contribution >= 0.6 is 0 Å². The van der Waals surface area contributed by atoms with E-state index in [1.165, 1.54) is 5.56 Å². The molecule has 2 aliphatic heterocycles. The van der Waals surface area contributed by atoms with Crippen LogP contribution in [0, 0.1) is 0 Å². The maximum atomic E-state index is 12.3. The molecule has 0 saturated carbocycles. The molecular formula is C17H23N3O3. The van der Waals surface area contributed by atoms with Gasteiger partial charge in [0.2, 0.25) is 11.8 Å². The van der Waals surface area contributed by atoms with E-state index in [9.17, 15) is 9.59 Å². The molecule has 0 aliphatic carbocycles. The van der Waals surface area contributed by atoms with Gasteiger partial charge in [-0.2, -0.15) is 0 Å². The first-order chi connectivity index (χ1) is 11.1.